The largest absolute Gasteiger partial charge is 0.362 e. The van der Waals surface area contributed by atoms with E-state index in [4.69, 9.17) is 5.73 Å². The summed E-state index contributed by atoms with van der Waals surface area (Å²) in [6.07, 6.45) is 0. The second-order valence-corrected chi connectivity index (χ2v) is 4.76. The van der Waals surface area contributed by atoms with E-state index in [-0.39, 0.29) is 0 Å². The number of nitrogens with two attached hydrogens (primary N) is 1. The van der Waals surface area contributed by atoms with Crippen molar-refractivity contribution in [2.24, 2.45) is 5.73 Å². The van der Waals surface area contributed by atoms with Gasteiger partial charge in [0.15, 0.2) is 0 Å². The maximum atomic E-state index is 5.63. The summed E-state index contributed by atoms with van der Waals surface area (Å²) >= 11 is 1.76. The van der Waals surface area contributed by atoms with Gasteiger partial charge in [0.2, 0.25) is 0 Å². The number of hydrogen-bond donors (Lipinski definition) is 1. The second kappa shape index (κ2) is 5.14. The summed E-state index contributed by atoms with van der Waals surface area (Å²) in [5.74, 6) is 0. The zero-order chi connectivity index (χ0) is 11.4. The molecule has 1 heterocycles. The third kappa shape index (κ3) is 2.62. The van der Waals surface area contributed by atoms with Crippen LogP contribution < -0.4 is 10.6 Å². The first-order chi connectivity index (χ1) is 7.79. The van der Waals surface area contributed by atoms with Gasteiger partial charge < -0.3 is 10.6 Å². The Morgan fingerprint density at radius 2 is 2.00 bits per heavy atom. The van der Waals surface area contributed by atoms with Gasteiger partial charge in [-0.05, 0) is 28.6 Å². The monoisotopic (exact) mass is 232 g/mol. The fourth-order valence-electron chi connectivity index (χ4n) is 1.69. The molecule has 2 N–H and O–H groups in total. The van der Waals surface area contributed by atoms with Gasteiger partial charge in [-0.2, -0.15) is 0 Å². The summed E-state index contributed by atoms with van der Waals surface area (Å²) in [4.78, 5) is 2.25. The predicted octanol–water partition coefficient (Wildman–Crippen LogP) is 2.84. The average Bonchev–Trinajstić information content (AvgIpc) is 2.83. The third-order valence-electron chi connectivity index (χ3n) is 2.53. The van der Waals surface area contributed by atoms with Crippen molar-refractivity contribution in [1.29, 1.82) is 0 Å². The van der Waals surface area contributed by atoms with Gasteiger partial charge in [0.05, 0.1) is 5.00 Å². The van der Waals surface area contributed by atoms with E-state index in [0.29, 0.717) is 6.54 Å². The molecule has 0 fully saturated rings. The molecule has 0 radical (unpaired) electrons. The summed E-state index contributed by atoms with van der Waals surface area (Å²) in [6, 6.07) is 12.7. The van der Waals surface area contributed by atoms with Crippen LogP contribution in [0.5, 0.6) is 0 Å². The first kappa shape index (κ1) is 11.2. The Balaban J connectivity index is 2.08. The zero-order valence-electron chi connectivity index (χ0n) is 9.39. The van der Waals surface area contributed by atoms with E-state index in [9.17, 15) is 0 Å². The topological polar surface area (TPSA) is 29.3 Å². The molecule has 2 aromatic rings. The van der Waals surface area contributed by atoms with Crippen molar-refractivity contribution in [3.05, 3.63) is 52.9 Å². The van der Waals surface area contributed by atoms with Crippen molar-refractivity contribution >= 4 is 16.3 Å². The first-order valence-corrected chi connectivity index (χ1v) is 6.20. The van der Waals surface area contributed by atoms with Crippen LogP contribution in [-0.2, 0) is 13.1 Å². The summed E-state index contributed by atoms with van der Waals surface area (Å²) in [5.41, 5.74) is 8.13. The molecule has 0 spiro atoms. The molecule has 0 atom stereocenters. The van der Waals surface area contributed by atoms with E-state index in [1.807, 2.05) is 0 Å². The van der Waals surface area contributed by atoms with Crippen LogP contribution in [0.3, 0.4) is 0 Å². The lowest BCUT2D eigenvalue weighted by molar-refractivity contribution is 0.928. The van der Waals surface area contributed by atoms with Gasteiger partial charge in [0, 0.05) is 20.1 Å². The lowest BCUT2D eigenvalue weighted by Gasteiger charge is -2.17. The number of hydrogen-bond acceptors (Lipinski definition) is 3. The Bertz CT molecular complexity index is 437. The molecule has 0 amide bonds. The van der Waals surface area contributed by atoms with Crippen molar-refractivity contribution in [2.45, 2.75) is 13.1 Å². The highest BCUT2D eigenvalue weighted by Gasteiger charge is 2.02. The summed E-state index contributed by atoms with van der Waals surface area (Å²) in [5, 5.41) is 3.39. The number of anilines is 1. The van der Waals surface area contributed by atoms with E-state index < -0.39 is 0 Å². The van der Waals surface area contributed by atoms with Crippen molar-refractivity contribution in [2.75, 3.05) is 11.9 Å². The van der Waals surface area contributed by atoms with Gasteiger partial charge in [-0.1, -0.05) is 24.3 Å². The molecule has 2 nitrogen and oxygen atoms in total. The highest BCUT2D eigenvalue weighted by atomic mass is 32.1. The molecular formula is C13H16N2S. The van der Waals surface area contributed by atoms with Gasteiger partial charge in [-0.3, -0.25) is 0 Å². The number of nitrogens with zero attached hydrogens (tertiary/aromatic N) is 1. The Hall–Kier alpha value is -1.32. The van der Waals surface area contributed by atoms with Crippen LogP contribution >= 0.6 is 11.3 Å². The molecule has 0 saturated heterocycles. The minimum Gasteiger partial charge on any atom is -0.362 e. The quantitative estimate of drug-likeness (QED) is 0.878. The van der Waals surface area contributed by atoms with Crippen LogP contribution in [-0.4, -0.2) is 7.05 Å². The predicted molar refractivity (Wildman–Crippen MR) is 70.8 cm³/mol. The zero-order valence-corrected chi connectivity index (χ0v) is 10.2. The number of rotatable bonds is 4. The molecule has 84 valence electrons. The fraction of sp³-hybridized carbons (Fsp3) is 0.231. The molecule has 2 rings (SSSR count). The Morgan fingerprint density at radius 3 is 2.69 bits per heavy atom. The lowest BCUT2D eigenvalue weighted by atomic mass is 10.1. The molecule has 1 aromatic heterocycles. The maximum absolute atomic E-state index is 5.63. The number of thiophene rings is 1. The van der Waals surface area contributed by atoms with Crippen LogP contribution in [0, 0.1) is 0 Å². The van der Waals surface area contributed by atoms with Crippen molar-refractivity contribution in [3.8, 4) is 0 Å². The molecule has 0 aliphatic rings. The van der Waals surface area contributed by atoms with Crippen LogP contribution in [0.4, 0.5) is 5.00 Å². The maximum Gasteiger partial charge on any atom is 0.0908 e. The highest BCUT2D eigenvalue weighted by Crippen LogP contribution is 2.21. The SMILES string of the molecule is CN(Cc1cccc(CN)c1)c1cccs1. The first-order valence-electron chi connectivity index (χ1n) is 5.32. The van der Waals surface area contributed by atoms with Gasteiger partial charge in [0.1, 0.15) is 0 Å². The lowest BCUT2D eigenvalue weighted by Crippen LogP contribution is -2.15. The second-order valence-electron chi connectivity index (χ2n) is 3.83. The minimum atomic E-state index is 0.608. The Morgan fingerprint density at radius 1 is 1.19 bits per heavy atom. The minimum absolute atomic E-state index is 0.608. The van der Waals surface area contributed by atoms with E-state index in [2.05, 4.69) is 53.7 Å². The van der Waals surface area contributed by atoms with E-state index in [1.54, 1.807) is 11.3 Å². The Labute approximate surface area is 100 Å². The van der Waals surface area contributed by atoms with Crippen LogP contribution in [0.25, 0.3) is 0 Å². The molecule has 0 aliphatic heterocycles. The van der Waals surface area contributed by atoms with Gasteiger partial charge in [-0.15, -0.1) is 11.3 Å². The van der Waals surface area contributed by atoms with Gasteiger partial charge in [-0.25, -0.2) is 0 Å². The van der Waals surface area contributed by atoms with Crippen molar-refractivity contribution in [1.82, 2.24) is 0 Å². The standard InChI is InChI=1S/C13H16N2S/c1-15(13-6-3-7-16-13)10-12-5-2-4-11(8-12)9-14/h2-8H,9-10,14H2,1H3. The third-order valence-corrected chi connectivity index (χ3v) is 3.51. The van der Waals surface area contributed by atoms with Crippen LogP contribution in [0.2, 0.25) is 0 Å². The summed E-state index contributed by atoms with van der Waals surface area (Å²) < 4.78 is 0. The molecule has 0 saturated carbocycles. The van der Waals surface area contributed by atoms with Crippen molar-refractivity contribution < 1.29 is 0 Å². The molecule has 1 aromatic carbocycles. The molecule has 0 bridgehead atoms. The molecular weight excluding hydrogens is 216 g/mol. The van der Waals surface area contributed by atoms with E-state index >= 15 is 0 Å². The van der Waals surface area contributed by atoms with E-state index in [0.717, 1.165) is 6.54 Å². The van der Waals surface area contributed by atoms with Gasteiger partial charge in [0.25, 0.3) is 0 Å². The summed E-state index contributed by atoms with van der Waals surface area (Å²) in [7, 11) is 2.11. The van der Waals surface area contributed by atoms with Crippen LogP contribution in [0.15, 0.2) is 41.8 Å². The van der Waals surface area contributed by atoms with Crippen molar-refractivity contribution in [3.63, 3.8) is 0 Å². The highest BCUT2D eigenvalue weighted by molar-refractivity contribution is 7.14. The smallest absolute Gasteiger partial charge is 0.0908 e. The number of benzene rings is 1. The van der Waals surface area contributed by atoms with E-state index in [1.165, 1.54) is 16.1 Å². The van der Waals surface area contributed by atoms with Crippen LogP contribution in [0.1, 0.15) is 11.1 Å². The molecule has 0 unspecified atom stereocenters. The Kier molecular flexibility index (Phi) is 3.59. The fourth-order valence-corrected chi connectivity index (χ4v) is 2.39. The molecule has 3 heteroatoms. The molecule has 0 aliphatic carbocycles. The average molecular weight is 232 g/mol. The molecule has 16 heavy (non-hydrogen) atoms. The normalized spacial score (nSPS) is 10.4. The van der Waals surface area contributed by atoms with Gasteiger partial charge >= 0.3 is 0 Å². The summed E-state index contributed by atoms with van der Waals surface area (Å²) in [6.45, 7) is 1.53.